The van der Waals surface area contributed by atoms with Gasteiger partial charge in [0, 0.05) is 20.0 Å². The number of aliphatic imine (C=N–C) groups is 1. The van der Waals surface area contributed by atoms with Gasteiger partial charge in [-0.1, -0.05) is 39.0 Å². The van der Waals surface area contributed by atoms with Crippen LogP contribution in [0, 0.1) is 0 Å². The van der Waals surface area contributed by atoms with Gasteiger partial charge in [0.15, 0.2) is 12.6 Å². The van der Waals surface area contributed by atoms with Gasteiger partial charge in [0.25, 0.3) is 5.79 Å². The molecule has 3 saturated heterocycles. The Morgan fingerprint density at radius 3 is 2.04 bits per heavy atom. The van der Waals surface area contributed by atoms with E-state index < -0.39 is 142 Å². The Balaban J connectivity index is 0.0000105. The minimum atomic E-state index is -3.05. The number of carboxylic acid groups (broad SMARTS) is 1. The molecule has 0 aliphatic carbocycles. The summed E-state index contributed by atoms with van der Waals surface area (Å²) in [7, 11) is 0. The third kappa shape index (κ3) is 12.9. The molecule has 0 bridgehead atoms. The van der Waals surface area contributed by atoms with Gasteiger partial charge in [0.2, 0.25) is 5.91 Å². The molecule has 0 aromatic carbocycles. The summed E-state index contributed by atoms with van der Waals surface area (Å²) in [5, 5.41) is 120. The Bertz CT molecular complexity index is 1200. The fourth-order valence-corrected chi connectivity index (χ4v) is 6.71. The zero-order chi connectivity index (χ0) is 40.3. The van der Waals surface area contributed by atoms with E-state index in [4.69, 9.17) is 28.4 Å². The van der Waals surface area contributed by atoms with Crippen LogP contribution in [0.15, 0.2) is 4.99 Å². The van der Waals surface area contributed by atoms with Crippen molar-refractivity contribution >= 4 is 17.8 Å². The van der Waals surface area contributed by atoms with Crippen LogP contribution >= 0.6 is 0 Å². The number of rotatable bonds is 20. The number of carboxylic acids is 1. The van der Waals surface area contributed by atoms with Crippen molar-refractivity contribution in [3.05, 3.63) is 0 Å². The number of nitrogens with one attached hydrogen (secondary N) is 1. The number of carbonyl (C=O) groups is 2. The zero-order valence-corrected chi connectivity index (χ0v) is 33.5. The maximum Gasteiger partial charge on any atom is 1.00 e. The van der Waals surface area contributed by atoms with Crippen LogP contribution in [-0.4, -0.2) is 193 Å². The summed E-state index contributed by atoms with van der Waals surface area (Å²) >= 11 is 0. The minimum Gasteiger partial charge on any atom is -0.862 e. The van der Waals surface area contributed by atoms with Crippen molar-refractivity contribution in [3.63, 3.8) is 0 Å². The van der Waals surface area contributed by atoms with Gasteiger partial charge < -0.3 is 89.9 Å². The Hall–Kier alpha value is -1.19. The number of aliphatic hydroxyl groups excluding tert-OH is 9. The van der Waals surface area contributed by atoms with E-state index in [9.17, 15) is 65.8 Å². The molecule has 3 rings (SSSR count). The van der Waals surface area contributed by atoms with Crippen LogP contribution in [0.25, 0.3) is 0 Å². The van der Waals surface area contributed by atoms with Crippen molar-refractivity contribution in [2.75, 3.05) is 26.4 Å². The number of aliphatic carboxylic acids is 1. The maximum absolute atomic E-state index is 12.8. The summed E-state index contributed by atoms with van der Waals surface area (Å²) in [6.45, 7) is 1.67. The zero-order valence-electron chi connectivity index (χ0n) is 31.5. The first kappa shape index (κ1) is 50.0. The molecule has 0 aromatic rings. The second-order valence-electron chi connectivity index (χ2n) is 13.8. The average Bonchev–Trinajstić information content (AvgIpc) is 3.12. The Morgan fingerprint density at radius 2 is 1.49 bits per heavy atom. The van der Waals surface area contributed by atoms with Crippen LogP contribution < -0.4 is 40.0 Å². The van der Waals surface area contributed by atoms with Crippen LogP contribution in [0.3, 0.4) is 0 Å². The molecule has 0 spiro atoms. The summed E-state index contributed by atoms with van der Waals surface area (Å²) in [5.41, 5.74) is 0. The van der Waals surface area contributed by atoms with Gasteiger partial charge in [-0.2, -0.15) is 0 Å². The normalized spacial score (nSPS) is 38.1. The van der Waals surface area contributed by atoms with Gasteiger partial charge in [-0.25, -0.2) is 4.79 Å². The van der Waals surface area contributed by atoms with Gasteiger partial charge in [0.05, 0.1) is 25.9 Å². The van der Waals surface area contributed by atoms with Crippen molar-refractivity contribution < 1.29 is 124 Å². The monoisotopic (exact) mass is 808 g/mol. The third-order valence-corrected chi connectivity index (χ3v) is 9.55. The predicted octanol–water partition coefficient (Wildman–Crippen LogP) is -8.05. The molecule has 3 fully saturated rings. The van der Waals surface area contributed by atoms with Crippen LogP contribution in [0.2, 0.25) is 0 Å². The van der Waals surface area contributed by atoms with E-state index in [0.717, 1.165) is 39.0 Å². The standard InChI is InChI=1S/C33H58N2O19.Na/c1-4-5-6-7-8-9-10-49-30-22(35-16(3)40)27(24(44)19(13-37)50-30)52-31-26(46)29(25(45)20(14-38)51-31)54-33(32(47)48)11-17(41)21(34-15(2)39)28(53-33)23(43)18(42)12-36;/h17-31,36-38,41-46H,4-14H2,1-3H3,(H,34,39)(H,35,40)(H,47,48);/q;+1/p-1/t17-,18+,19+,20+,21+,22+,23+,24-,25-,26+,27+,28+,29-,30-,31-,33-;/m0./s1. The van der Waals surface area contributed by atoms with Crippen LogP contribution in [0.4, 0.5) is 0 Å². The second-order valence-corrected chi connectivity index (χ2v) is 13.8. The molecule has 1 amide bonds. The fourth-order valence-electron chi connectivity index (χ4n) is 6.71. The first-order valence-electron chi connectivity index (χ1n) is 18.1. The molecule has 3 heterocycles. The molecular formula is C33H57N2NaO19. The van der Waals surface area contributed by atoms with Crippen molar-refractivity contribution in [1.29, 1.82) is 0 Å². The predicted molar refractivity (Wildman–Crippen MR) is 178 cm³/mol. The molecule has 21 nitrogen and oxygen atoms in total. The molecular weight excluding hydrogens is 751 g/mol. The van der Waals surface area contributed by atoms with E-state index in [1.807, 2.05) is 0 Å². The van der Waals surface area contributed by atoms with E-state index in [1.54, 1.807) is 0 Å². The molecule has 3 aliphatic rings. The van der Waals surface area contributed by atoms with Crippen LogP contribution in [0.1, 0.15) is 65.7 Å². The second kappa shape index (κ2) is 23.4. The van der Waals surface area contributed by atoms with Gasteiger partial charge in [-0.15, -0.1) is 0 Å². The van der Waals surface area contributed by atoms with Crippen molar-refractivity contribution in [2.45, 2.75) is 163 Å². The number of amides is 1. The number of aliphatic hydroxyl groups is 9. The largest absolute Gasteiger partial charge is 1.00 e. The quantitative estimate of drug-likeness (QED) is 0.0235. The maximum atomic E-state index is 12.8. The first-order valence-corrected chi connectivity index (χ1v) is 18.1. The van der Waals surface area contributed by atoms with Crippen molar-refractivity contribution in [1.82, 2.24) is 5.32 Å². The summed E-state index contributed by atoms with van der Waals surface area (Å²) in [4.78, 5) is 28.8. The molecule has 55 heavy (non-hydrogen) atoms. The number of ether oxygens (including phenoxy) is 6. The molecule has 11 N–H and O–H groups in total. The third-order valence-electron chi connectivity index (χ3n) is 9.55. The minimum absolute atomic E-state index is 0. The molecule has 22 heteroatoms. The number of unbranched alkanes of at least 4 members (excludes halogenated alkanes) is 5. The summed E-state index contributed by atoms with van der Waals surface area (Å²) in [6.07, 6.45) is -19.3. The summed E-state index contributed by atoms with van der Waals surface area (Å²) < 4.78 is 34.5. The van der Waals surface area contributed by atoms with Gasteiger partial charge in [-0.05, 0) is 19.2 Å². The fraction of sp³-hybridized carbons (Fsp3) is 0.909. The number of hydrogen-bond donors (Lipinski definition) is 11. The van der Waals surface area contributed by atoms with Gasteiger partial charge in [-0.3, -0.25) is 9.79 Å². The number of carbonyl (C=O) groups excluding carboxylic acids is 1. The van der Waals surface area contributed by atoms with E-state index in [1.165, 1.54) is 6.92 Å². The molecule has 16 atom stereocenters. The molecule has 0 saturated carbocycles. The topological polar surface area (TPSA) is 339 Å². The van der Waals surface area contributed by atoms with E-state index in [2.05, 4.69) is 17.2 Å². The number of nitrogens with zero attached hydrogens (tertiary/aromatic N) is 1. The molecule has 314 valence electrons. The van der Waals surface area contributed by atoms with E-state index in [0.29, 0.717) is 6.42 Å². The van der Waals surface area contributed by atoms with E-state index >= 15 is 0 Å². The smallest absolute Gasteiger partial charge is 0.862 e. The first-order chi connectivity index (χ1) is 25.5. The Kier molecular flexibility index (Phi) is 21.3. The molecule has 0 unspecified atom stereocenters. The van der Waals surface area contributed by atoms with Gasteiger partial charge >= 0.3 is 35.5 Å². The Labute approximate surface area is 340 Å². The molecule has 3 aliphatic heterocycles. The van der Waals surface area contributed by atoms with E-state index in [-0.39, 0.29) is 36.2 Å². The molecule has 0 radical (unpaired) electrons. The molecule has 0 aromatic heterocycles. The Morgan fingerprint density at radius 1 is 0.909 bits per heavy atom. The van der Waals surface area contributed by atoms with Crippen molar-refractivity contribution in [3.8, 4) is 0 Å². The summed E-state index contributed by atoms with van der Waals surface area (Å²) in [6, 6.07) is -2.96. The van der Waals surface area contributed by atoms with Crippen LogP contribution in [0.5, 0.6) is 0 Å². The number of hydrogen-bond acceptors (Lipinski definition) is 19. The SMILES string of the molecule is CCCCCCCCO[C@H]1O[C@H](CO)[C@H](O)[C@H](O[C@@H]2O[C@H](CO)[C@H](O)[C@H](O[C@]3(C(=O)O)C[C@H](O)[C@@H](N=C(C)[O-])[C@H]([C@H](O)[C@H](O)CO)O3)[C@H]2O)[C@H]1NC(C)=O.[Na+]. The summed E-state index contributed by atoms with van der Waals surface area (Å²) in [5.74, 6) is -6.49. The average molecular weight is 809 g/mol. The van der Waals surface area contributed by atoms with Gasteiger partial charge in [0.1, 0.15) is 73.1 Å². The van der Waals surface area contributed by atoms with Crippen molar-refractivity contribution in [2.24, 2.45) is 4.99 Å². The van der Waals surface area contributed by atoms with Crippen LogP contribution in [-0.2, 0) is 38.0 Å².